The third-order valence-electron chi connectivity index (χ3n) is 4.09. The standard InChI is InChI=1S/C21H20BrN5O3S/c1-2-11-27-18(12-30-15-9-7-14(22)8-10-15)25-26-21(27)31-13-19(28)24-17-6-4-3-5-16(17)20(23)29/h2-10H,1,11-13H2,(H2,23,29)(H,24,28). The molecule has 2 aromatic carbocycles. The number of amides is 2. The first kappa shape index (κ1) is 22.6. The number of anilines is 1. The first-order valence-electron chi connectivity index (χ1n) is 9.20. The van der Waals surface area contributed by atoms with E-state index in [0.717, 1.165) is 4.47 Å². The smallest absolute Gasteiger partial charge is 0.250 e. The molecule has 0 saturated carbocycles. The van der Waals surface area contributed by atoms with E-state index < -0.39 is 5.91 Å². The quantitative estimate of drug-likeness (QED) is 0.324. The van der Waals surface area contributed by atoms with Crippen molar-refractivity contribution in [2.75, 3.05) is 11.1 Å². The Morgan fingerprint density at radius 3 is 2.65 bits per heavy atom. The summed E-state index contributed by atoms with van der Waals surface area (Å²) in [6.45, 7) is 4.46. The van der Waals surface area contributed by atoms with Crippen LogP contribution in [0.25, 0.3) is 0 Å². The normalized spacial score (nSPS) is 10.5. The lowest BCUT2D eigenvalue weighted by atomic mass is 10.1. The third-order valence-corrected chi connectivity index (χ3v) is 5.58. The first-order valence-corrected chi connectivity index (χ1v) is 11.0. The molecule has 2 amide bonds. The van der Waals surface area contributed by atoms with E-state index in [-0.39, 0.29) is 23.8 Å². The lowest BCUT2D eigenvalue weighted by Crippen LogP contribution is -2.19. The number of hydrogen-bond donors (Lipinski definition) is 2. The van der Waals surface area contributed by atoms with Crippen LogP contribution in [0.4, 0.5) is 5.69 Å². The highest BCUT2D eigenvalue weighted by atomic mass is 79.9. The monoisotopic (exact) mass is 501 g/mol. The number of nitrogens with one attached hydrogen (secondary N) is 1. The minimum Gasteiger partial charge on any atom is -0.486 e. The molecule has 0 aliphatic carbocycles. The number of thioether (sulfide) groups is 1. The number of carbonyl (C=O) groups is 2. The molecule has 0 aliphatic heterocycles. The van der Waals surface area contributed by atoms with Crippen molar-refractivity contribution in [1.29, 1.82) is 0 Å². The van der Waals surface area contributed by atoms with Crippen molar-refractivity contribution in [2.45, 2.75) is 18.3 Å². The van der Waals surface area contributed by atoms with Gasteiger partial charge in [0, 0.05) is 11.0 Å². The van der Waals surface area contributed by atoms with Crippen molar-refractivity contribution in [3.63, 3.8) is 0 Å². The molecule has 3 N–H and O–H groups in total. The van der Waals surface area contributed by atoms with Crippen LogP contribution in [0.15, 0.2) is 70.8 Å². The van der Waals surface area contributed by atoms with Gasteiger partial charge in [0.2, 0.25) is 5.91 Å². The summed E-state index contributed by atoms with van der Waals surface area (Å²) in [6, 6.07) is 14.1. The van der Waals surface area contributed by atoms with Crippen LogP contribution in [0, 0.1) is 0 Å². The molecule has 0 spiro atoms. The predicted molar refractivity (Wildman–Crippen MR) is 123 cm³/mol. The van der Waals surface area contributed by atoms with Crippen LogP contribution < -0.4 is 15.8 Å². The lowest BCUT2D eigenvalue weighted by molar-refractivity contribution is -0.113. The van der Waals surface area contributed by atoms with Gasteiger partial charge in [-0.05, 0) is 36.4 Å². The zero-order chi connectivity index (χ0) is 22.2. The van der Waals surface area contributed by atoms with E-state index in [1.165, 1.54) is 11.8 Å². The molecular formula is C21H20BrN5O3S. The highest BCUT2D eigenvalue weighted by molar-refractivity contribution is 9.10. The number of halogens is 1. The summed E-state index contributed by atoms with van der Waals surface area (Å²) in [7, 11) is 0. The molecule has 3 aromatic rings. The number of allylic oxidation sites excluding steroid dienone is 1. The van der Waals surface area contributed by atoms with Gasteiger partial charge in [-0.1, -0.05) is 45.9 Å². The Bertz CT molecular complexity index is 1080. The Hall–Kier alpha value is -3.11. The maximum Gasteiger partial charge on any atom is 0.250 e. The Morgan fingerprint density at radius 1 is 1.19 bits per heavy atom. The number of benzene rings is 2. The fourth-order valence-corrected chi connectivity index (χ4v) is 3.68. The summed E-state index contributed by atoms with van der Waals surface area (Å²) >= 11 is 4.61. The SMILES string of the molecule is C=CCn1c(COc2ccc(Br)cc2)nnc1SCC(=O)Nc1ccccc1C(N)=O. The van der Waals surface area contributed by atoms with Gasteiger partial charge >= 0.3 is 0 Å². The minimum atomic E-state index is -0.607. The van der Waals surface area contributed by atoms with Crippen LogP contribution >= 0.6 is 27.7 Å². The highest BCUT2D eigenvalue weighted by Gasteiger charge is 2.15. The third kappa shape index (κ3) is 6.19. The number of nitrogens with zero attached hydrogens (tertiary/aromatic N) is 3. The van der Waals surface area contributed by atoms with Gasteiger partial charge in [-0.3, -0.25) is 14.2 Å². The highest BCUT2D eigenvalue weighted by Crippen LogP contribution is 2.21. The van der Waals surface area contributed by atoms with Crippen LogP contribution in [-0.2, 0) is 17.9 Å². The molecule has 0 fully saturated rings. The summed E-state index contributed by atoms with van der Waals surface area (Å²) in [4.78, 5) is 23.9. The molecule has 3 rings (SSSR count). The number of primary amides is 1. The zero-order valence-corrected chi connectivity index (χ0v) is 18.9. The lowest BCUT2D eigenvalue weighted by Gasteiger charge is -2.10. The van der Waals surface area contributed by atoms with Gasteiger partial charge in [0.1, 0.15) is 12.4 Å². The summed E-state index contributed by atoms with van der Waals surface area (Å²) in [6.07, 6.45) is 1.72. The van der Waals surface area contributed by atoms with Crippen molar-refractivity contribution in [2.24, 2.45) is 5.73 Å². The number of aromatic nitrogens is 3. The molecule has 31 heavy (non-hydrogen) atoms. The molecule has 0 unspecified atom stereocenters. The van der Waals surface area contributed by atoms with Gasteiger partial charge in [0.05, 0.1) is 17.0 Å². The average molecular weight is 502 g/mol. The molecule has 1 aromatic heterocycles. The van der Waals surface area contributed by atoms with E-state index in [4.69, 9.17) is 10.5 Å². The van der Waals surface area contributed by atoms with Gasteiger partial charge < -0.3 is 15.8 Å². The van der Waals surface area contributed by atoms with E-state index in [1.54, 1.807) is 30.3 Å². The summed E-state index contributed by atoms with van der Waals surface area (Å²) in [5.41, 5.74) is 5.97. The number of hydrogen-bond acceptors (Lipinski definition) is 6. The van der Waals surface area contributed by atoms with Crippen LogP contribution in [0.3, 0.4) is 0 Å². The molecule has 0 bridgehead atoms. The molecule has 10 heteroatoms. The second-order valence-electron chi connectivity index (χ2n) is 6.29. The van der Waals surface area contributed by atoms with Gasteiger partial charge in [0.25, 0.3) is 5.91 Å². The van der Waals surface area contributed by atoms with Crippen LogP contribution in [0.2, 0.25) is 0 Å². The van der Waals surface area contributed by atoms with E-state index in [2.05, 4.69) is 38.0 Å². The molecule has 0 aliphatic rings. The van der Waals surface area contributed by atoms with E-state index in [9.17, 15) is 9.59 Å². The molecule has 1 heterocycles. The average Bonchev–Trinajstić information content (AvgIpc) is 3.14. The Labute approximate surface area is 192 Å². The Morgan fingerprint density at radius 2 is 1.94 bits per heavy atom. The molecule has 160 valence electrons. The van der Waals surface area contributed by atoms with E-state index >= 15 is 0 Å². The fourth-order valence-electron chi connectivity index (χ4n) is 2.65. The second kappa shape index (κ2) is 10.8. The van der Waals surface area contributed by atoms with Crippen molar-refractivity contribution in [1.82, 2.24) is 14.8 Å². The van der Waals surface area contributed by atoms with Crippen LogP contribution in [-0.4, -0.2) is 32.3 Å². The molecule has 8 nitrogen and oxygen atoms in total. The van der Waals surface area contributed by atoms with Crippen molar-refractivity contribution < 1.29 is 14.3 Å². The molecule has 0 radical (unpaired) electrons. The maximum absolute atomic E-state index is 12.4. The summed E-state index contributed by atoms with van der Waals surface area (Å²) < 4.78 is 8.57. The minimum absolute atomic E-state index is 0.0793. The Balaban J connectivity index is 1.63. The van der Waals surface area contributed by atoms with E-state index in [0.29, 0.717) is 29.0 Å². The van der Waals surface area contributed by atoms with Gasteiger partial charge in [-0.25, -0.2) is 0 Å². The van der Waals surface area contributed by atoms with Crippen LogP contribution in [0.1, 0.15) is 16.2 Å². The summed E-state index contributed by atoms with van der Waals surface area (Å²) in [5, 5.41) is 11.6. The Kier molecular flexibility index (Phi) is 7.85. The summed E-state index contributed by atoms with van der Waals surface area (Å²) in [5.74, 6) is 0.503. The number of ether oxygens (including phenoxy) is 1. The largest absolute Gasteiger partial charge is 0.486 e. The number of carbonyl (C=O) groups excluding carboxylic acids is 2. The second-order valence-corrected chi connectivity index (χ2v) is 8.15. The van der Waals surface area contributed by atoms with Crippen molar-refractivity contribution in [3.05, 3.63) is 77.0 Å². The van der Waals surface area contributed by atoms with Crippen molar-refractivity contribution >= 4 is 45.2 Å². The molecular weight excluding hydrogens is 482 g/mol. The van der Waals surface area contributed by atoms with Crippen LogP contribution in [0.5, 0.6) is 5.75 Å². The predicted octanol–water partition coefficient (Wildman–Crippen LogP) is 3.64. The first-order chi connectivity index (χ1) is 15.0. The fraction of sp³-hybridized carbons (Fsp3) is 0.143. The van der Waals surface area contributed by atoms with Crippen molar-refractivity contribution in [3.8, 4) is 5.75 Å². The number of nitrogens with two attached hydrogens (primary N) is 1. The topological polar surface area (TPSA) is 112 Å². The van der Waals surface area contributed by atoms with Gasteiger partial charge in [0.15, 0.2) is 11.0 Å². The zero-order valence-electron chi connectivity index (χ0n) is 16.5. The van der Waals surface area contributed by atoms with E-state index in [1.807, 2.05) is 28.8 Å². The maximum atomic E-state index is 12.4. The van der Waals surface area contributed by atoms with Gasteiger partial charge in [-0.2, -0.15) is 0 Å². The number of rotatable bonds is 10. The van der Waals surface area contributed by atoms with Gasteiger partial charge in [-0.15, -0.1) is 16.8 Å². The molecule has 0 saturated heterocycles. The number of para-hydroxylation sites is 1. The molecule has 0 atom stereocenters.